The van der Waals surface area contributed by atoms with Gasteiger partial charge in [0.05, 0.1) is 0 Å². The molecule has 2 heterocycles. The van der Waals surface area contributed by atoms with E-state index in [0.29, 0.717) is 12.4 Å². The van der Waals surface area contributed by atoms with E-state index in [1.165, 1.54) is 12.1 Å². The maximum atomic E-state index is 13.9. The Hall–Kier alpha value is -2.96. The predicted molar refractivity (Wildman–Crippen MR) is 105 cm³/mol. The third-order valence-electron chi connectivity index (χ3n) is 5.53. The van der Waals surface area contributed by atoms with Crippen LogP contribution in [-0.4, -0.2) is 38.7 Å². The molecule has 3 aromatic rings. The molecule has 28 heavy (non-hydrogen) atoms. The van der Waals surface area contributed by atoms with E-state index in [2.05, 4.69) is 14.9 Å². The third kappa shape index (κ3) is 3.21. The van der Waals surface area contributed by atoms with Crippen molar-refractivity contribution in [2.45, 2.75) is 45.7 Å². The van der Waals surface area contributed by atoms with E-state index in [1.54, 1.807) is 6.07 Å². The first-order valence-electron chi connectivity index (χ1n) is 9.40. The van der Waals surface area contributed by atoms with Crippen molar-refractivity contribution in [3.05, 3.63) is 52.7 Å². The SMILES string of the molecule is Cc1cc(C)nc(N(C)C2CCc3c(c4cc(F)ccc4n3CC(=O)O)C2)n1. The highest BCUT2D eigenvalue weighted by atomic mass is 19.1. The molecule has 0 spiro atoms. The molecule has 7 heteroatoms. The van der Waals surface area contributed by atoms with Gasteiger partial charge in [0.15, 0.2) is 0 Å². The highest BCUT2D eigenvalue weighted by Crippen LogP contribution is 2.34. The van der Waals surface area contributed by atoms with Gasteiger partial charge in [0.2, 0.25) is 5.95 Å². The predicted octanol–water partition coefficient (Wildman–Crippen LogP) is 3.27. The fourth-order valence-electron chi connectivity index (χ4n) is 4.28. The zero-order valence-corrected chi connectivity index (χ0v) is 16.2. The lowest BCUT2D eigenvalue weighted by atomic mass is 9.90. The Morgan fingerprint density at radius 1 is 1.29 bits per heavy atom. The number of benzene rings is 1. The van der Waals surface area contributed by atoms with Crippen LogP contribution in [0, 0.1) is 19.7 Å². The number of nitrogens with zero attached hydrogens (tertiary/aromatic N) is 4. The summed E-state index contributed by atoms with van der Waals surface area (Å²) in [4.78, 5) is 22.6. The number of carboxylic acids is 1. The van der Waals surface area contributed by atoms with Crippen LogP contribution in [0.3, 0.4) is 0 Å². The molecule has 1 atom stereocenters. The lowest BCUT2D eigenvalue weighted by molar-refractivity contribution is -0.137. The van der Waals surface area contributed by atoms with Crippen LogP contribution >= 0.6 is 0 Å². The molecule has 1 aliphatic carbocycles. The Balaban J connectivity index is 1.74. The van der Waals surface area contributed by atoms with Crippen LogP contribution < -0.4 is 4.90 Å². The van der Waals surface area contributed by atoms with Gasteiger partial charge in [-0.15, -0.1) is 0 Å². The van der Waals surface area contributed by atoms with Crippen molar-refractivity contribution < 1.29 is 14.3 Å². The smallest absolute Gasteiger partial charge is 0.323 e. The largest absolute Gasteiger partial charge is 0.480 e. The maximum absolute atomic E-state index is 13.9. The van der Waals surface area contributed by atoms with Gasteiger partial charge in [-0.25, -0.2) is 14.4 Å². The number of carbonyl (C=O) groups is 1. The first-order valence-corrected chi connectivity index (χ1v) is 9.40. The summed E-state index contributed by atoms with van der Waals surface area (Å²) in [5.41, 5.74) is 4.65. The summed E-state index contributed by atoms with van der Waals surface area (Å²) in [5, 5.41) is 10.1. The monoisotopic (exact) mass is 382 g/mol. The number of anilines is 1. The molecule has 0 bridgehead atoms. The molecule has 1 aliphatic rings. The fraction of sp³-hybridized carbons (Fsp3) is 0.381. The van der Waals surface area contributed by atoms with Gasteiger partial charge in [-0.1, -0.05) is 0 Å². The van der Waals surface area contributed by atoms with Crippen molar-refractivity contribution in [1.29, 1.82) is 0 Å². The highest BCUT2D eigenvalue weighted by molar-refractivity contribution is 5.87. The van der Waals surface area contributed by atoms with Crippen molar-refractivity contribution in [3.8, 4) is 0 Å². The molecule has 146 valence electrons. The third-order valence-corrected chi connectivity index (χ3v) is 5.53. The Labute approximate surface area is 162 Å². The van der Waals surface area contributed by atoms with Crippen molar-refractivity contribution in [2.24, 2.45) is 0 Å². The van der Waals surface area contributed by atoms with Crippen LogP contribution in [-0.2, 0) is 24.2 Å². The van der Waals surface area contributed by atoms with Gasteiger partial charge in [-0.05, 0) is 62.9 Å². The van der Waals surface area contributed by atoms with E-state index in [0.717, 1.165) is 46.4 Å². The topological polar surface area (TPSA) is 71.2 Å². The summed E-state index contributed by atoms with van der Waals surface area (Å²) in [5.74, 6) is -0.519. The average molecular weight is 382 g/mol. The standard InChI is InChI=1S/C21H23FN4O2/c1-12-8-13(2)24-21(23-12)25(3)15-5-7-19-17(10-15)16-9-14(22)4-6-18(16)26(19)11-20(27)28/h4,6,8-9,15H,5,7,10-11H2,1-3H3,(H,27,28). The van der Waals surface area contributed by atoms with Gasteiger partial charge in [0, 0.05) is 41.1 Å². The summed E-state index contributed by atoms with van der Waals surface area (Å²) in [7, 11) is 1.99. The Morgan fingerprint density at radius 3 is 2.68 bits per heavy atom. The van der Waals surface area contributed by atoms with Crippen LogP contribution in [0.2, 0.25) is 0 Å². The molecule has 0 saturated heterocycles. The van der Waals surface area contributed by atoms with Gasteiger partial charge in [-0.3, -0.25) is 4.79 Å². The fourth-order valence-corrected chi connectivity index (χ4v) is 4.28. The first-order chi connectivity index (χ1) is 13.3. The van der Waals surface area contributed by atoms with Gasteiger partial charge in [0.1, 0.15) is 12.4 Å². The second-order valence-electron chi connectivity index (χ2n) is 7.52. The van der Waals surface area contributed by atoms with E-state index < -0.39 is 5.97 Å². The van der Waals surface area contributed by atoms with Crippen LogP contribution in [0.15, 0.2) is 24.3 Å². The minimum atomic E-state index is -0.896. The number of aryl methyl sites for hydroxylation is 2. The number of hydrogen-bond donors (Lipinski definition) is 1. The number of carboxylic acid groups (broad SMARTS) is 1. The zero-order valence-electron chi connectivity index (χ0n) is 16.2. The molecular weight excluding hydrogens is 359 g/mol. The molecule has 0 aliphatic heterocycles. The molecule has 0 amide bonds. The lowest BCUT2D eigenvalue weighted by Gasteiger charge is -2.32. The second-order valence-corrected chi connectivity index (χ2v) is 7.52. The highest BCUT2D eigenvalue weighted by Gasteiger charge is 2.29. The molecule has 0 fully saturated rings. The molecule has 0 radical (unpaired) electrons. The summed E-state index contributed by atoms with van der Waals surface area (Å²) in [6.45, 7) is 3.79. The summed E-state index contributed by atoms with van der Waals surface area (Å²) in [6.07, 6.45) is 2.30. The van der Waals surface area contributed by atoms with Crippen LogP contribution in [0.5, 0.6) is 0 Å². The number of rotatable bonds is 4. The van der Waals surface area contributed by atoms with Crippen LogP contribution in [0.25, 0.3) is 10.9 Å². The van der Waals surface area contributed by atoms with E-state index in [-0.39, 0.29) is 18.4 Å². The summed E-state index contributed by atoms with van der Waals surface area (Å²) >= 11 is 0. The number of likely N-dealkylation sites (N-methyl/N-ethyl adjacent to an activating group) is 1. The van der Waals surface area contributed by atoms with Gasteiger partial charge < -0.3 is 14.6 Å². The lowest BCUT2D eigenvalue weighted by Crippen LogP contribution is -2.38. The Bertz CT molecular complexity index is 1060. The summed E-state index contributed by atoms with van der Waals surface area (Å²) < 4.78 is 15.7. The molecule has 1 aromatic carbocycles. The first kappa shape index (κ1) is 18.4. The van der Waals surface area contributed by atoms with Crippen molar-refractivity contribution in [2.75, 3.05) is 11.9 Å². The average Bonchev–Trinajstić information content (AvgIpc) is 2.92. The number of hydrogen-bond acceptors (Lipinski definition) is 4. The Morgan fingerprint density at radius 2 is 2.00 bits per heavy atom. The van der Waals surface area contributed by atoms with Gasteiger partial charge in [-0.2, -0.15) is 0 Å². The maximum Gasteiger partial charge on any atom is 0.323 e. The molecule has 1 unspecified atom stereocenters. The minimum absolute atomic E-state index is 0.113. The summed E-state index contributed by atoms with van der Waals surface area (Å²) in [6, 6.07) is 6.69. The zero-order chi connectivity index (χ0) is 20.0. The molecule has 0 saturated carbocycles. The minimum Gasteiger partial charge on any atom is -0.480 e. The number of halogens is 1. The molecule has 1 N–H and O–H groups in total. The van der Waals surface area contributed by atoms with Crippen molar-refractivity contribution in [1.82, 2.24) is 14.5 Å². The quantitative estimate of drug-likeness (QED) is 0.750. The molecule has 4 rings (SSSR count). The normalized spacial score (nSPS) is 16.2. The number of aromatic nitrogens is 3. The molecule has 2 aromatic heterocycles. The molecule has 6 nitrogen and oxygen atoms in total. The van der Waals surface area contributed by atoms with Gasteiger partial charge >= 0.3 is 5.97 Å². The van der Waals surface area contributed by atoms with Crippen molar-refractivity contribution in [3.63, 3.8) is 0 Å². The van der Waals surface area contributed by atoms with E-state index in [4.69, 9.17) is 0 Å². The second kappa shape index (κ2) is 6.89. The van der Waals surface area contributed by atoms with Gasteiger partial charge in [0.25, 0.3) is 0 Å². The van der Waals surface area contributed by atoms with E-state index in [1.807, 2.05) is 31.5 Å². The van der Waals surface area contributed by atoms with Crippen LogP contribution in [0.4, 0.5) is 10.3 Å². The van der Waals surface area contributed by atoms with E-state index >= 15 is 0 Å². The molecular formula is C21H23FN4O2. The van der Waals surface area contributed by atoms with Crippen LogP contribution in [0.1, 0.15) is 29.1 Å². The van der Waals surface area contributed by atoms with Crippen molar-refractivity contribution >= 4 is 22.8 Å². The Kier molecular flexibility index (Phi) is 4.53. The number of fused-ring (bicyclic) bond motifs is 3. The number of aliphatic carboxylic acids is 1. The van der Waals surface area contributed by atoms with E-state index in [9.17, 15) is 14.3 Å².